The Labute approximate surface area is 113 Å². The van der Waals surface area contributed by atoms with Crippen molar-refractivity contribution >= 4 is 17.5 Å². The Balaban J connectivity index is 2.19. The van der Waals surface area contributed by atoms with Gasteiger partial charge in [-0.25, -0.2) is 4.98 Å². The van der Waals surface area contributed by atoms with E-state index < -0.39 is 0 Å². The van der Waals surface area contributed by atoms with E-state index in [0.29, 0.717) is 24.7 Å². The van der Waals surface area contributed by atoms with Crippen LogP contribution in [-0.4, -0.2) is 28.0 Å². The predicted molar refractivity (Wildman–Crippen MR) is 72.4 cm³/mol. The molecule has 2 N–H and O–H groups in total. The average Bonchev–Trinajstić information content (AvgIpc) is 2.66. The molecule has 6 heteroatoms. The molecule has 1 amide bonds. The lowest BCUT2D eigenvalue weighted by molar-refractivity contribution is -0.121. The van der Waals surface area contributed by atoms with Gasteiger partial charge in [-0.05, 0) is 13.3 Å². The Hall–Kier alpha value is -1.07. The Morgan fingerprint density at radius 1 is 1.61 bits per heavy atom. The normalized spacial score (nSPS) is 12.4. The second kappa shape index (κ2) is 7.38. The Morgan fingerprint density at radius 2 is 2.33 bits per heavy atom. The van der Waals surface area contributed by atoms with Gasteiger partial charge in [0.2, 0.25) is 5.91 Å². The van der Waals surface area contributed by atoms with Gasteiger partial charge in [0.05, 0.1) is 12.7 Å². The van der Waals surface area contributed by atoms with Crippen LogP contribution in [0.2, 0.25) is 5.15 Å². The van der Waals surface area contributed by atoms with Crippen LogP contribution in [0.1, 0.15) is 32.5 Å². The lowest BCUT2D eigenvalue weighted by Crippen LogP contribution is -2.34. The van der Waals surface area contributed by atoms with E-state index in [1.54, 1.807) is 6.20 Å². The zero-order valence-corrected chi connectivity index (χ0v) is 11.9. The lowest BCUT2D eigenvalue weighted by atomic mass is 10.2. The Bertz CT molecular complexity index is 391. The number of imidazole rings is 1. The van der Waals surface area contributed by atoms with Crippen LogP contribution >= 0.6 is 11.6 Å². The maximum Gasteiger partial charge on any atom is 0.221 e. The number of rotatable bonds is 7. The van der Waals surface area contributed by atoms with Crippen molar-refractivity contribution in [1.82, 2.24) is 20.2 Å². The maximum atomic E-state index is 11.5. The van der Waals surface area contributed by atoms with Crippen LogP contribution < -0.4 is 10.6 Å². The highest BCUT2D eigenvalue weighted by atomic mass is 35.5. The third-order valence-corrected chi connectivity index (χ3v) is 3.21. The summed E-state index contributed by atoms with van der Waals surface area (Å²) in [6.07, 6.45) is 3.04. The maximum absolute atomic E-state index is 11.5. The summed E-state index contributed by atoms with van der Waals surface area (Å²) in [5.41, 5.74) is 0. The van der Waals surface area contributed by atoms with Gasteiger partial charge < -0.3 is 15.2 Å². The van der Waals surface area contributed by atoms with E-state index in [2.05, 4.69) is 15.6 Å². The van der Waals surface area contributed by atoms with Crippen LogP contribution in [0, 0.1) is 0 Å². The summed E-state index contributed by atoms with van der Waals surface area (Å²) in [5, 5.41) is 6.71. The first-order chi connectivity index (χ1) is 8.54. The van der Waals surface area contributed by atoms with Gasteiger partial charge in [-0.15, -0.1) is 0 Å². The molecule has 18 heavy (non-hydrogen) atoms. The fraction of sp³-hybridized carbons (Fsp3) is 0.667. The van der Waals surface area contributed by atoms with E-state index >= 15 is 0 Å². The topological polar surface area (TPSA) is 59.0 Å². The van der Waals surface area contributed by atoms with Gasteiger partial charge in [0.25, 0.3) is 0 Å². The monoisotopic (exact) mass is 272 g/mol. The van der Waals surface area contributed by atoms with Crippen LogP contribution in [0.5, 0.6) is 0 Å². The molecule has 1 heterocycles. The quantitative estimate of drug-likeness (QED) is 0.739. The van der Waals surface area contributed by atoms with Crippen molar-refractivity contribution in [2.75, 3.05) is 6.54 Å². The van der Waals surface area contributed by atoms with E-state index in [0.717, 1.165) is 12.2 Å². The first kappa shape index (κ1) is 15.0. The van der Waals surface area contributed by atoms with Crippen molar-refractivity contribution in [3.05, 3.63) is 17.2 Å². The van der Waals surface area contributed by atoms with Crippen LogP contribution in [0.4, 0.5) is 0 Å². The largest absolute Gasteiger partial charge is 0.354 e. The minimum atomic E-state index is 0.0784. The van der Waals surface area contributed by atoms with Crippen LogP contribution in [-0.2, 0) is 18.4 Å². The number of carbonyl (C=O) groups is 1. The van der Waals surface area contributed by atoms with Gasteiger partial charge in [0.1, 0.15) is 11.0 Å². The molecule has 0 aliphatic heterocycles. The van der Waals surface area contributed by atoms with Crippen molar-refractivity contribution in [1.29, 1.82) is 0 Å². The molecule has 5 nitrogen and oxygen atoms in total. The molecule has 1 rings (SSSR count). The SMILES string of the molecule is CCC(C)NC(=O)CCNCc1ncc(Cl)n1C. The molecule has 1 atom stereocenters. The standard InChI is InChI=1S/C12H21ClN4O/c1-4-9(2)16-12(18)5-6-14-8-11-15-7-10(13)17(11)3/h7,9,14H,4-6,8H2,1-3H3,(H,16,18). The summed E-state index contributed by atoms with van der Waals surface area (Å²) in [6.45, 7) is 5.29. The van der Waals surface area contributed by atoms with Crippen LogP contribution in [0.25, 0.3) is 0 Å². The second-order valence-corrected chi connectivity index (χ2v) is 4.75. The summed E-state index contributed by atoms with van der Waals surface area (Å²) < 4.78 is 1.81. The molecule has 0 aliphatic carbocycles. The van der Waals surface area contributed by atoms with Crippen molar-refractivity contribution < 1.29 is 4.79 Å². The molecule has 1 unspecified atom stereocenters. The number of halogens is 1. The fourth-order valence-electron chi connectivity index (χ4n) is 1.44. The molecule has 0 radical (unpaired) electrons. The number of hydrogen-bond donors (Lipinski definition) is 2. The lowest BCUT2D eigenvalue weighted by Gasteiger charge is -2.11. The molecule has 0 fully saturated rings. The number of hydrogen-bond acceptors (Lipinski definition) is 3. The smallest absolute Gasteiger partial charge is 0.221 e. The number of amides is 1. The second-order valence-electron chi connectivity index (χ2n) is 4.36. The van der Waals surface area contributed by atoms with Crippen molar-refractivity contribution in [3.63, 3.8) is 0 Å². The van der Waals surface area contributed by atoms with Gasteiger partial charge in [-0.3, -0.25) is 4.79 Å². The predicted octanol–water partition coefficient (Wildman–Crippen LogP) is 1.47. The molecule has 102 valence electrons. The van der Waals surface area contributed by atoms with Gasteiger partial charge in [-0.1, -0.05) is 18.5 Å². The molecule has 0 spiro atoms. The zero-order valence-electron chi connectivity index (χ0n) is 11.2. The van der Waals surface area contributed by atoms with Crippen molar-refractivity contribution in [2.45, 2.75) is 39.3 Å². The van der Waals surface area contributed by atoms with E-state index in [1.807, 2.05) is 25.5 Å². The van der Waals surface area contributed by atoms with Gasteiger partial charge in [0.15, 0.2) is 0 Å². The van der Waals surface area contributed by atoms with E-state index in [4.69, 9.17) is 11.6 Å². The number of nitrogens with zero attached hydrogens (tertiary/aromatic N) is 2. The number of aromatic nitrogens is 2. The molecular weight excluding hydrogens is 252 g/mol. The first-order valence-electron chi connectivity index (χ1n) is 6.20. The zero-order chi connectivity index (χ0) is 13.5. The van der Waals surface area contributed by atoms with Gasteiger partial charge >= 0.3 is 0 Å². The molecular formula is C12H21ClN4O. The molecule has 1 aromatic heterocycles. The highest BCUT2D eigenvalue weighted by molar-refractivity contribution is 6.29. The molecule has 0 bridgehead atoms. The van der Waals surface area contributed by atoms with E-state index in [9.17, 15) is 4.79 Å². The van der Waals surface area contributed by atoms with Crippen molar-refractivity contribution in [3.8, 4) is 0 Å². The molecule has 0 saturated heterocycles. The van der Waals surface area contributed by atoms with Gasteiger partial charge in [0, 0.05) is 26.1 Å². The van der Waals surface area contributed by atoms with Gasteiger partial charge in [-0.2, -0.15) is 0 Å². The molecule has 0 aromatic carbocycles. The first-order valence-corrected chi connectivity index (χ1v) is 6.58. The third kappa shape index (κ3) is 4.66. The van der Waals surface area contributed by atoms with Crippen LogP contribution in [0.3, 0.4) is 0 Å². The molecule has 1 aromatic rings. The number of nitrogens with one attached hydrogen (secondary N) is 2. The molecule has 0 aliphatic rings. The number of carbonyl (C=O) groups excluding carboxylic acids is 1. The fourth-order valence-corrected chi connectivity index (χ4v) is 1.59. The third-order valence-electron chi connectivity index (χ3n) is 2.86. The van der Waals surface area contributed by atoms with Crippen molar-refractivity contribution in [2.24, 2.45) is 7.05 Å². The summed E-state index contributed by atoms with van der Waals surface area (Å²) in [4.78, 5) is 15.7. The summed E-state index contributed by atoms with van der Waals surface area (Å²) in [6, 6.07) is 0.242. The van der Waals surface area contributed by atoms with E-state index in [-0.39, 0.29) is 11.9 Å². The Morgan fingerprint density at radius 3 is 2.89 bits per heavy atom. The average molecular weight is 273 g/mol. The highest BCUT2D eigenvalue weighted by Gasteiger charge is 2.06. The summed E-state index contributed by atoms with van der Waals surface area (Å²) in [5.74, 6) is 0.942. The Kier molecular flexibility index (Phi) is 6.15. The minimum absolute atomic E-state index is 0.0784. The van der Waals surface area contributed by atoms with Crippen LogP contribution in [0.15, 0.2) is 6.20 Å². The highest BCUT2D eigenvalue weighted by Crippen LogP contribution is 2.08. The summed E-state index contributed by atoms with van der Waals surface area (Å²) >= 11 is 5.87. The van der Waals surface area contributed by atoms with E-state index in [1.165, 1.54) is 0 Å². The minimum Gasteiger partial charge on any atom is -0.354 e. The summed E-state index contributed by atoms with van der Waals surface area (Å²) in [7, 11) is 1.86. The molecule has 0 saturated carbocycles.